The van der Waals surface area contributed by atoms with Gasteiger partial charge in [-0.05, 0) is 23.1 Å². The fraction of sp³-hybridized carbons (Fsp3) is 0.200. The van der Waals surface area contributed by atoms with Crippen molar-refractivity contribution in [2.24, 2.45) is 0 Å². The van der Waals surface area contributed by atoms with Crippen molar-refractivity contribution >= 4 is 0 Å². The number of rotatable bonds is 0. The van der Waals surface area contributed by atoms with Crippen molar-refractivity contribution in [3.8, 4) is 0 Å². The van der Waals surface area contributed by atoms with Crippen molar-refractivity contribution in [1.29, 1.82) is 0 Å². The van der Waals surface area contributed by atoms with Crippen molar-refractivity contribution in [2.75, 3.05) is 0 Å². The Morgan fingerprint density at radius 3 is 3.25 bits per heavy atom. The fourth-order valence-corrected chi connectivity index (χ4v) is 1.91. The molecule has 12 heavy (non-hydrogen) atoms. The molecule has 0 amide bonds. The Morgan fingerprint density at radius 1 is 1.33 bits per heavy atom. The van der Waals surface area contributed by atoms with Gasteiger partial charge in [-0.25, -0.2) is 0 Å². The third kappa shape index (κ3) is 0.676. The molecule has 60 valence electrons. The lowest BCUT2D eigenvalue weighted by Crippen LogP contribution is -2.02. The third-order valence-electron chi connectivity index (χ3n) is 2.50. The Morgan fingerprint density at radius 2 is 2.25 bits per heavy atom. The third-order valence-corrected chi connectivity index (χ3v) is 2.50. The summed E-state index contributed by atoms with van der Waals surface area (Å²) < 4.78 is 0. The van der Waals surface area contributed by atoms with Crippen molar-refractivity contribution in [1.82, 2.24) is 5.48 Å². The second kappa shape index (κ2) is 2.11. The molecule has 1 aliphatic heterocycles. The van der Waals surface area contributed by atoms with Gasteiger partial charge in [-0.15, -0.1) is 0 Å². The van der Waals surface area contributed by atoms with Crippen LogP contribution in [-0.2, 0) is 11.3 Å². The summed E-state index contributed by atoms with van der Waals surface area (Å²) in [6.45, 7) is 0. The van der Waals surface area contributed by atoms with Gasteiger partial charge >= 0.3 is 0 Å². The first-order chi connectivity index (χ1) is 5.95. The van der Waals surface area contributed by atoms with Crippen molar-refractivity contribution in [3.05, 3.63) is 47.2 Å². The van der Waals surface area contributed by atoms with Crippen LogP contribution in [0.25, 0.3) is 0 Å². The van der Waals surface area contributed by atoms with Gasteiger partial charge in [0.05, 0.1) is 0 Å². The van der Waals surface area contributed by atoms with E-state index in [9.17, 15) is 0 Å². The molecule has 2 nitrogen and oxygen atoms in total. The monoisotopic (exact) mass is 159 g/mol. The zero-order chi connectivity index (χ0) is 7.97. The van der Waals surface area contributed by atoms with Crippen LogP contribution < -0.4 is 5.48 Å². The van der Waals surface area contributed by atoms with Gasteiger partial charge in [-0.3, -0.25) is 10.3 Å². The number of benzene rings is 1. The van der Waals surface area contributed by atoms with Crippen LogP contribution in [0.2, 0.25) is 0 Å². The zero-order valence-electron chi connectivity index (χ0n) is 6.58. The highest BCUT2D eigenvalue weighted by molar-refractivity contribution is 5.44. The summed E-state index contributed by atoms with van der Waals surface area (Å²) in [5, 5.41) is 0. The largest absolute Gasteiger partial charge is 0.273 e. The van der Waals surface area contributed by atoms with E-state index in [-0.39, 0.29) is 6.10 Å². The minimum absolute atomic E-state index is 0.182. The van der Waals surface area contributed by atoms with Gasteiger partial charge in [-0.1, -0.05) is 24.3 Å². The minimum atomic E-state index is 0.182. The van der Waals surface area contributed by atoms with Crippen LogP contribution in [-0.4, -0.2) is 0 Å². The summed E-state index contributed by atoms with van der Waals surface area (Å²) in [7, 11) is 0. The topological polar surface area (TPSA) is 21.3 Å². The van der Waals surface area contributed by atoms with E-state index < -0.39 is 0 Å². The average molecular weight is 159 g/mol. The van der Waals surface area contributed by atoms with Crippen LogP contribution in [0.15, 0.2) is 36.0 Å². The molecule has 0 saturated carbocycles. The first kappa shape index (κ1) is 6.26. The van der Waals surface area contributed by atoms with Gasteiger partial charge in [0.25, 0.3) is 0 Å². The number of nitrogens with one attached hydrogen (secondary N) is 1. The summed E-state index contributed by atoms with van der Waals surface area (Å²) in [6, 6.07) is 8.43. The van der Waals surface area contributed by atoms with Crippen molar-refractivity contribution in [3.63, 3.8) is 0 Å². The smallest absolute Gasteiger partial charge is 0.134 e. The molecule has 0 fully saturated rings. The second-order valence-electron chi connectivity index (χ2n) is 3.21. The molecule has 1 aliphatic carbocycles. The zero-order valence-corrected chi connectivity index (χ0v) is 6.58. The summed E-state index contributed by atoms with van der Waals surface area (Å²) in [6.07, 6.45) is 3.18. The van der Waals surface area contributed by atoms with Crippen LogP contribution in [0.4, 0.5) is 0 Å². The van der Waals surface area contributed by atoms with Crippen LogP contribution in [0.3, 0.4) is 0 Å². The lowest BCUT2D eigenvalue weighted by molar-refractivity contribution is 0.0450. The van der Waals surface area contributed by atoms with E-state index in [4.69, 9.17) is 4.84 Å². The maximum absolute atomic E-state index is 5.36. The highest BCUT2D eigenvalue weighted by Crippen LogP contribution is 2.39. The van der Waals surface area contributed by atoms with Crippen LogP contribution in [0.1, 0.15) is 17.2 Å². The van der Waals surface area contributed by atoms with Gasteiger partial charge < -0.3 is 0 Å². The molecule has 3 rings (SSSR count). The van der Waals surface area contributed by atoms with Gasteiger partial charge in [0.15, 0.2) is 0 Å². The quantitative estimate of drug-likeness (QED) is 0.622. The fourth-order valence-electron chi connectivity index (χ4n) is 1.91. The minimum Gasteiger partial charge on any atom is -0.273 e. The lowest BCUT2D eigenvalue weighted by Gasteiger charge is -2.05. The van der Waals surface area contributed by atoms with Crippen molar-refractivity contribution < 1.29 is 4.84 Å². The molecular weight excluding hydrogens is 150 g/mol. The SMILES string of the molecule is C1=C2Cc3ccccc3C2ON1. The molecule has 0 saturated heterocycles. The Hall–Kier alpha value is -1.28. The van der Waals surface area contributed by atoms with Crippen LogP contribution in [0, 0.1) is 0 Å². The maximum atomic E-state index is 5.36. The van der Waals surface area contributed by atoms with Gasteiger partial charge in [-0.2, -0.15) is 0 Å². The van der Waals surface area contributed by atoms with Crippen LogP contribution in [0.5, 0.6) is 0 Å². The molecular formula is C10H9NO. The molecule has 1 N–H and O–H groups in total. The Balaban J connectivity index is 2.17. The molecule has 2 heteroatoms. The van der Waals surface area contributed by atoms with Gasteiger partial charge in [0.2, 0.25) is 0 Å². The Labute approximate surface area is 70.8 Å². The summed E-state index contributed by atoms with van der Waals surface area (Å²) in [4.78, 5) is 5.36. The summed E-state index contributed by atoms with van der Waals surface area (Å²) in [5.74, 6) is 0. The highest BCUT2D eigenvalue weighted by Gasteiger charge is 2.30. The number of hydroxylamine groups is 1. The van der Waals surface area contributed by atoms with Crippen LogP contribution >= 0.6 is 0 Å². The lowest BCUT2D eigenvalue weighted by atomic mass is 10.1. The molecule has 1 unspecified atom stereocenters. The highest BCUT2D eigenvalue weighted by atomic mass is 16.7. The molecule has 0 bridgehead atoms. The number of fused-ring (bicyclic) bond motifs is 3. The van der Waals surface area contributed by atoms with Gasteiger partial charge in [0.1, 0.15) is 6.10 Å². The van der Waals surface area contributed by atoms with E-state index in [1.165, 1.54) is 16.7 Å². The summed E-state index contributed by atoms with van der Waals surface area (Å²) in [5.41, 5.74) is 6.86. The number of hydrogen-bond acceptors (Lipinski definition) is 2. The molecule has 0 aromatic heterocycles. The van der Waals surface area contributed by atoms with E-state index in [2.05, 4.69) is 29.7 Å². The molecule has 1 heterocycles. The summed E-state index contributed by atoms with van der Waals surface area (Å²) >= 11 is 0. The second-order valence-corrected chi connectivity index (χ2v) is 3.21. The van der Waals surface area contributed by atoms with E-state index in [0.29, 0.717) is 0 Å². The maximum Gasteiger partial charge on any atom is 0.134 e. The molecule has 1 atom stereocenters. The normalized spacial score (nSPS) is 24.3. The van der Waals surface area contributed by atoms with E-state index in [1.807, 2.05) is 6.20 Å². The Bertz CT molecular complexity index is 357. The first-order valence-corrected chi connectivity index (χ1v) is 4.13. The van der Waals surface area contributed by atoms with Gasteiger partial charge in [0, 0.05) is 6.20 Å². The number of hydrogen-bond donors (Lipinski definition) is 1. The first-order valence-electron chi connectivity index (χ1n) is 4.13. The van der Waals surface area contributed by atoms with E-state index in [0.717, 1.165) is 6.42 Å². The molecule has 1 aromatic carbocycles. The predicted octanol–water partition coefficient (Wildman–Crippen LogP) is 1.70. The van der Waals surface area contributed by atoms with E-state index in [1.54, 1.807) is 0 Å². The molecule has 1 aromatic rings. The van der Waals surface area contributed by atoms with E-state index >= 15 is 0 Å². The molecule has 0 spiro atoms. The standard InChI is InChI=1S/C10H9NO/c1-2-4-9-7(3-1)5-8-6-11-12-10(8)9/h1-4,6,10-11H,5H2. The average Bonchev–Trinajstić information content (AvgIpc) is 2.62. The molecule has 2 aliphatic rings. The van der Waals surface area contributed by atoms with Crippen molar-refractivity contribution in [2.45, 2.75) is 12.5 Å². The molecule has 0 radical (unpaired) electrons. The Kier molecular flexibility index (Phi) is 1.10. The predicted molar refractivity (Wildman–Crippen MR) is 45.2 cm³/mol.